The first-order valence-corrected chi connectivity index (χ1v) is 4.34. The Morgan fingerprint density at radius 1 is 1.46 bits per heavy atom. The van der Waals surface area contributed by atoms with Crippen molar-refractivity contribution in [3.63, 3.8) is 0 Å². The summed E-state index contributed by atoms with van der Waals surface area (Å²) in [7, 11) is 1.93. The highest BCUT2D eigenvalue weighted by molar-refractivity contribution is 5.82. The molecule has 0 radical (unpaired) electrons. The largest absolute Gasteiger partial charge is 0.326 e. The van der Waals surface area contributed by atoms with Crippen LogP contribution < -0.4 is 5.73 Å². The van der Waals surface area contributed by atoms with Gasteiger partial charge in [0.05, 0.1) is 5.52 Å². The minimum Gasteiger partial charge on any atom is -0.326 e. The maximum atomic E-state index is 5.69. The Balaban J connectivity index is 2.82. The molecule has 0 amide bonds. The summed E-state index contributed by atoms with van der Waals surface area (Å²) in [5.74, 6) is 0. The van der Waals surface area contributed by atoms with E-state index in [1.54, 1.807) is 0 Å². The zero-order chi connectivity index (χ0) is 9.42. The third-order valence-electron chi connectivity index (χ3n) is 2.35. The third-order valence-corrected chi connectivity index (χ3v) is 2.35. The van der Waals surface area contributed by atoms with Gasteiger partial charge < -0.3 is 5.73 Å². The van der Waals surface area contributed by atoms with Crippen molar-refractivity contribution < 1.29 is 0 Å². The fourth-order valence-electron chi connectivity index (χ4n) is 1.65. The van der Waals surface area contributed by atoms with Crippen LogP contribution in [0.2, 0.25) is 0 Å². The Hall–Kier alpha value is -1.35. The summed E-state index contributed by atoms with van der Waals surface area (Å²) in [6.07, 6.45) is 2.02. The first-order chi connectivity index (χ1) is 6.22. The number of hydrogen-bond acceptors (Lipinski definition) is 2. The number of hydrogen-bond donors (Lipinski definition) is 1. The van der Waals surface area contributed by atoms with Gasteiger partial charge in [-0.15, -0.1) is 0 Å². The van der Waals surface area contributed by atoms with Crippen LogP contribution in [-0.4, -0.2) is 9.78 Å². The molecule has 3 heteroatoms. The van der Waals surface area contributed by atoms with Gasteiger partial charge in [0.25, 0.3) is 0 Å². The van der Waals surface area contributed by atoms with E-state index in [4.69, 9.17) is 5.73 Å². The van der Waals surface area contributed by atoms with Gasteiger partial charge in [0.15, 0.2) is 0 Å². The van der Waals surface area contributed by atoms with E-state index in [2.05, 4.69) is 18.1 Å². The normalized spacial score (nSPS) is 11.0. The summed E-state index contributed by atoms with van der Waals surface area (Å²) in [6.45, 7) is 2.66. The second-order valence-corrected chi connectivity index (χ2v) is 3.30. The number of nitrogens with two attached hydrogens (primary N) is 1. The molecule has 2 rings (SSSR count). The van der Waals surface area contributed by atoms with Crippen LogP contribution in [0.4, 0.5) is 0 Å². The van der Waals surface area contributed by atoms with E-state index in [1.165, 1.54) is 16.5 Å². The number of benzene rings is 1. The molecule has 0 saturated carbocycles. The Bertz CT molecular complexity index is 443. The predicted octanol–water partition coefficient (Wildman–Crippen LogP) is 1.34. The third kappa shape index (κ3) is 1.21. The van der Waals surface area contributed by atoms with Crippen molar-refractivity contribution in [3.8, 4) is 0 Å². The first-order valence-electron chi connectivity index (χ1n) is 4.34. The van der Waals surface area contributed by atoms with Gasteiger partial charge in [-0.2, -0.15) is 5.10 Å². The van der Waals surface area contributed by atoms with E-state index < -0.39 is 0 Å². The lowest BCUT2D eigenvalue weighted by molar-refractivity contribution is 0.779. The Labute approximate surface area is 77.2 Å². The molecule has 0 unspecified atom stereocenters. The fourth-order valence-corrected chi connectivity index (χ4v) is 1.65. The van der Waals surface area contributed by atoms with Crippen molar-refractivity contribution in [2.75, 3.05) is 0 Å². The van der Waals surface area contributed by atoms with Gasteiger partial charge in [-0.1, -0.05) is 6.07 Å². The van der Waals surface area contributed by atoms with E-state index >= 15 is 0 Å². The van der Waals surface area contributed by atoms with Gasteiger partial charge in [0.1, 0.15) is 0 Å². The van der Waals surface area contributed by atoms with Gasteiger partial charge in [-0.25, -0.2) is 0 Å². The Morgan fingerprint density at radius 2 is 2.23 bits per heavy atom. The first kappa shape index (κ1) is 8.26. The smallest absolute Gasteiger partial charge is 0.0926 e. The van der Waals surface area contributed by atoms with Gasteiger partial charge >= 0.3 is 0 Å². The predicted molar refractivity (Wildman–Crippen MR) is 53.3 cm³/mol. The van der Waals surface area contributed by atoms with E-state index in [1.807, 2.05) is 24.0 Å². The molecule has 3 nitrogen and oxygen atoms in total. The van der Waals surface area contributed by atoms with Crippen LogP contribution in [0.15, 0.2) is 18.3 Å². The molecule has 0 fully saturated rings. The van der Waals surface area contributed by atoms with Crippen LogP contribution in [0.1, 0.15) is 11.1 Å². The van der Waals surface area contributed by atoms with Crippen LogP contribution in [0.3, 0.4) is 0 Å². The molecule has 68 valence electrons. The lowest BCUT2D eigenvalue weighted by Gasteiger charge is -2.02. The highest BCUT2D eigenvalue weighted by Gasteiger charge is 2.05. The van der Waals surface area contributed by atoms with Crippen molar-refractivity contribution in [1.82, 2.24) is 9.78 Å². The average molecular weight is 175 g/mol. The van der Waals surface area contributed by atoms with Gasteiger partial charge in [-0.3, -0.25) is 4.68 Å². The van der Waals surface area contributed by atoms with Crippen LogP contribution in [-0.2, 0) is 13.6 Å². The Morgan fingerprint density at radius 3 is 2.92 bits per heavy atom. The van der Waals surface area contributed by atoms with E-state index in [0.717, 1.165) is 5.52 Å². The average Bonchev–Trinajstić information content (AvgIpc) is 2.45. The second-order valence-electron chi connectivity index (χ2n) is 3.30. The van der Waals surface area contributed by atoms with Crippen LogP contribution >= 0.6 is 0 Å². The molecular weight excluding hydrogens is 162 g/mol. The molecule has 1 aromatic heterocycles. The molecule has 0 aliphatic heterocycles. The maximum Gasteiger partial charge on any atom is 0.0926 e. The van der Waals surface area contributed by atoms with Crippen molar-refractivity contribution >= 4 is 10.9 Å². The highest BCUT2D eigenvalue weighted by atomic mass is 15.2. The molecule has 0 atom stereocenters. The summed E-state index contributed by atoms with van der Waals surface area (Å²) in [5, 5.41) is 5.50. The lowest BCUT2D eigenvalue weighted by Crippen LogP contribution is -1.99. The van der Waals surface area contributed by atoms with Gasteiger partial charge in [0.2, 0.25) is 0 Å². The molecule has 13 heavy (non-hydrogen) atoms. The molecular formula is C10H13N3. The van der Waals surface area contributed by atoms with Gasteiger partial charge in [0, 0.05) is 25.2 Å². The molecule has 0 spiro atoms. The summed E-state index contributed by atoms with van der Waals surface area (Å²) >= 11 is 0. The minimum absolute atomic E-state index is 0.578. The van der Waals surface area contributed by atoms with Crippen molar-refractivity contribution in [2.45, 2.75) is 13.5 Å². The second kappa shape index (κ2) is 2.85. The zero-order valence-electron chi connectivity index (χ0n) is 7.91. The molecule has 0 bridgehead atoms. The zero-order valence-corrected chi connectivity index (χ0v) is 7.91. The fraction of sp³-hybridized carbons (Fsp3) is 0.300. The quantitative estimate of drug-likeness (QED) is 0.710. The number of aryl methyl sites for hydroxylation is 2. The topological polar surface area (TPSA) is 43.8 Å². The highest BCUT2D eigenvalue weighted by Crippen LogP contribution is 2.20. The Kier molecular flexibility index (Phi) is 1.81. The van der Waals surface area contributed by atoms with Crippen molar-refractivity contribution in [3.05, 3.63) is 29.5 Å². The standard InChI is InChI=1S/C10H13N3/c1-7-3-4-10-9(8(7)5-11)6-13(2)12-10/h3-4,6H,5,11H2,1-2H3. The van der Waals surface area contributed by atoms with Crippen LogP contribution in [0, 0.1) is 6.92 Å². The van der Waals surface area contributed by atoms with Crippen molar-refractivity contribution in [1.29, 1.82) is 0 Å². The lowest BCUT2D eigenvalue weighted by atomic mass is 10.1. The number of rotatable bonds is 1. The van der Waals surface area contributed by atoms with Gasteiger partial charge in [-0.05, 0) is 24.1 Å². The van der Waals surface area contributed by atoms with E-state index in [-0.39, 0.29) is 0 Å². The molecule has 0 saturated heterocycles. The minimum atomic E-state index is 0.578. The maximum absolute atomic E-state index is 5.69. The molecule has 1 aromatic carbocycles. The number of nitrogens with zero attached hydrogens (tertiary/aromatic N) is 2. The molecule has 0 aliphatic rings. The van der Waals surface area contributed by atoms with E-state index in [0.29, 0.717) is 6.54 Å². The summed E-state index contributed by atoms with van der Waals surface area (Å²) in [5.41, 5.74) is 9.15. The monoisotopic (exact) mass is 175 g/mol. The van der Waals surface area contributed by atoms with E-state index in [9.17, 15) is 0 Å². The molecule has 1 heterocycles. The van der Waals surface area contributed by atoms with Crippen LogP contribution in [0.25, 0.3) is 10.9 Å². The van der Waals surface area contributed by atoms with Crippen LogP contribution in [0.5, 0.6) is 0 Å². The SMILES string of the molecule is Cc1ccc2nn(C)cc2c1CN. The molecule has 2 aromatic rings. The number of fused-ring (bicyclic) bond motifs is 1. The summed E-state index contributed by atoms with van der Waals surface area (Å²) in [4.78, 5) is 0. The molecule has 0 aliphatic carbocycles. The summed E-state index contributed by atoms with van der Waals surface area (Å²) in [6, 6.07) is 4.10. The van der Waals surface area contributed by atoms with Crippen molar-refractivity contribution in [2.24, 2.45) is 12.8 Å². The molecule has 2 N–H and O–H groups in total. The number of aromatic nitrogens is 2. The summed E-state index contributed by atoms with van der Waals surface area (Å²) < 4.78 is 1.82.